The number of nitrogens with zero attached hydrogens (tertiary/aromatic N) is 1. The molecule has 0 aromatic heterocycles. The first kappa shape index (κ1) is 19.8. The summed E-state index contributed by atoms with van der Waals surface area (Å²) >= 11 is 0. The number of carbonyl (C=O) groups excluding carboxylic acids is 2. The van der Waals surface area contributed by atoms with Crippen molar-refractivity contribution in [1.82, 2.24) is 21.1 Å². The van der Waals surface area contributed by atoms with E-state index in [1.807, 2.05) is 0 Å². The second-order valence-electron chi connectivity index (χ2n) is 7.67. The van der Waals surface area contributed by atoms with Crippen LogP contribution in [-0.2, 0) is 9.59 Å². The number of aliphatic hydroxyl groups excluding tert-OH is 1. The van der Waals surface area contributed by atoms with Crippen LogP contribution in [0, 0.1) is 12.8 Å². The maximum absolute atomic E-state index is 12.5. The minimum atomic E-state index is -0.842. The first-order valence-corrected chi connectivity index (χ1v) is 9.71. The lowest BCUT2D eigenvalue weighted by molar-refractivity contribution is -0.138. The summed E-state index contributed by atoms with van der Waals surface area (Å²) in [6.07, 6.45) is 1.82. The minimum Gasteiger partial charge on any atom is -0.394 e. The van der Waals surface area contributed by atoms with Crippen LogP contribution in [0.15, 0.2) is 24.3 Å². The normalized spacial score (nSPS) is 24.6. The van der Waals surface area contributed by atoms with Gasteiger partial charge in [-0.1, -0.05) is 29.8 Å². The average Bonchev–Trinajstić information content (AvgIpc) is 3.15. The van der Waals surface area contributed by atoms with Gasteiger partial charge in [0.2, 0.25) is 11.8 Å². The van der Waals surface area contributed by atoms with E-state index >= 15 is 0 Å². The number of nitrogens with one attached hydrogen (secondary N) is 3. The number of hydrazine groups is 1. The van der Waals surface area contributed by atoms with Gasteiger partial charge in [-0.05, 0) is 31.2 Å². The minimum absolute atomic E-state index is 0.195. The molecule has 0 bridgehead atoms. The Labute approximate surface area is 160 Å². The molecule has 2 aliphatic rings. The highest BCUT2D eigenvalue weighted by Crippen LogP contribution is 2.32. The van der Waals surface area contributed by atoms with Gasteiger partial charge < -0.3 is 15.3 Å². The molecule has 2 amide bonds. The van der Waals surface area contributed by atoms with Crippen molar-refractivity contribution in [2.45, 2.75) is 44.7 Å². The summed E-state index contributed by atoms with van der Waals surface area (Å²) in [7, 11) is 0. The van der Waals surface area contributed by atoms with E-state index < -0.39 is 6.04 Å². The summed E-state index contributed by atoms with van der Waals surface area (Å²) in [4.78, 5) is 25.5. The lowest BCUT2D eigenvalue weighted by Gasteiger charge is -2.37. The van der Waals surface area contributed by atoms with E-state index in [0.29, 0.717) is 31.0 Å². The van der Waals surface area contributed by atoms with Crippen molar-refractivity contribution in [3.63, 3.8) is 0 Å². The zero-order valence-corrected chi connectivity index (χ0v) is 16.1. The number of benzene rings is 1. The summed E-state index contributed by atoms with van der Waals surface area (Å²) in [5.41, 5.74) is 9.38. The fourth-order valence-electron chi connectivity index (χ4n) is 4.32. The second kappa shape index (κ2) is 8.82. The van der Waals surface area contributed by atoms with E-state index in [1.165, 1.54) is 18.1 Å². The van der Waals surface area contributed by atoms with E-state index in [2.05, 4.69) is 47.4 Å². The fourth-order valence-corrected chi connectivity index (χ4v) is 4.32. The SMILES string of the molecule is CC(=O)NC(CO)C(=O)N1CCC(C2NNCC2c2cccc(C)c2)CC1. The quantitative estimate of drug-likeness (QED) is 0.595. The van der Waals surface area contributed by atoms with E-state index in [9.17, 15) is 14.7 Å². The van der Waals surface area contributed by atoms with Crippen LogP contribution >= 0.6 is 0 Å². The second-order valence-corrected chi connectivity index (χ2v) is 7.67. The van der Waals surface area contributed by atoms with Crippen LogP contribution in [0.25, 0.3) is 0 Å². The van der Waals surface area contributed by atoms with Crippen LogP contribution in [-0.4, -0.2) is 60.1 Å². The fraction of sp³-hybridized carbons (Fsp3) is 0.600. The molecule has 7 heteroatoms. The molecule has 0 aliphatic carbocycles. The summed E-state index contributed by atoms with van der Waals surface area (Å²) in [6.45, 7) is 5.30. The van der Waals surface area contributed by atoms with Crippen LogP contribution in [0.2, 0.25) is 0 Å². The first-order chi connectivity index (χ1) is 13.0. The van der Waals surface area contributed by atoms with Crippen LogP contribution in [0.3, 0.4) is 0 Å². The molecule has 3 unspecified atom stereocenters. The van der Waals surface area contributed by atoms with Gasteiger partial charge in [-0.25, -0.2) is 0 Å². The van der Waals surface area contributed by atoms with E-state index in [-0.39, 0.29) is 18.4 Å². The van der Waals surface area contributed by atoms with Gasteiger partial charge in [0.15, 0.2) is 0 Å². The van der Waals surface area contributed by atoms with Crippen molar-refractivity contribution in [3.8, 4) is 0 Å². The Bertz CT molecular complexity index is 673. The largest absolute Gasteiger partial charge is 0.394 e. The number of hydrogen-bond donors (Lipinski definition) is 4. The number of aliphatic hydroxyl groups is 1. The van der Waals surface area contributed by atoms with Crippen molar-refractivity contribution >= 4 is 11.8 Å². The van der Waals surface area contributed by atoms with Crippen molar-refractivity contribution in [3.05, 3.63) is 35.4 Å². The Hall–Kier alpha value is -1.96. The molecule has 1 aromatic carbocycles. The molecule has 27 heavy (non-hydrogen) atoms. The van der Waals surface area contributed by atoms with Gasteiger partial charge in [0.1, 0.15) is 6.04 Å². The third-order valence-corrected chi connectivity index (χ3v) is 5.71. The molecule has 2 aliphatic heterocycles. The van der Waals surface area contributed by atoms with Gasteiger partial charge in [-0.3, -0.25) is 20.4 Å². The zero-order chi connectivity index (χ0) is 19.4. The Morgan fingerprint density at radius 2 is 2.07 bits per heavy atom. The number of amides is 2. The molecule has 3 rings (SSSR count). The van der Waals surface area contributed by atoms with Crippen LogP contribution in [0.1, 0.15) is 36.8 Å². The Morgan fingerprint density at radius 3 is 2.70 bits per heavy atom. The van der Waals surface area contributed by atoms with E-state index in [0.717, 1.165) is 19.4 Å². The number of rotatable bonds is 5. The maximum Gasteiger partial charge on any atom is 0.247 e. The molecular weight excluding hydrogens is 344 g/mol. The van der Waals surface area contributed by atoms with Gasteiger partial charge in [-0.15, -0.1) is 0 Å². The number of piperidine rings is 1. The third-order valence-electron chi connectivity index (χ3n) is 5.71. The first-order valence-electron chi connectivity index (χ1n) is 9.71. The van der Waals surface area contributed by atoms with Crippen LogP contribution < -0.4 is 16.2 Å². The molecule has 1 aromatic rings. The van der Waals surface area contributed by atoms with Crippen molar-refractivity contribution in [2.75, 3.05) is 26.2 Å². The molecular formula is C20H30N4O3. The van der Waals surface area contributed by atoms with E-state index in [4.69, 9.17) is 0 Å². The Kier molecular flexibility index (Phi) is 6.46. The predicted molar refractivity (Wildman–Crippen MR) is 103 cm³/mol. The number of aryl methyl sites for hydroxylation is 1. The highest BCUT2D eigenvalue weighted by atomic mass is 16.3. The van der Waals surface area contributed by atoms with Crippen molar-refractivity contribution in [1.29, 1.82) is 0 Å². The van der Waals surface area contributed by atoms with Gasteiger partial charge in [0, 0.05) is 38.5 Å². The number of carbonyl (C=O) groups is 2. The van der Waals surface area contributed by atoms with E-state index in [1.54, 1.807) is 4.90 Å². The lowest BCUT2D eigenvalue weighted by Crippen LogP contribution is -2.53. The molecule has 0 saturated carbocycles. The summed E-state index contributed by atoms with van der Waals surface area (Å²) in [6, 6.07) is 8.17. The van der Waals surface area contributed by atoms with Crippen LogP contribution in [0.4, 0.5) is 0 Å². The monoisotopic (exact) mass is 374 g/mol. The highest BCUT2D eigenvalue weighted by Gasteiger charge is 2.37. The van der Waals surface area contributed by atoms with Crippen molar-refractivity contribution < 1.29 is 14.7 Å². The van der Waals surface area contributed by atoms with Gasteiger partial charge in [-0.2, -0.15) is 0 Å². The topological polar surface area (TPSA) is 93.7 Å². The molecule has 148 valence electrons. The molecule has 2 heterocycles. The Balaban J connectivity index is 1.60. The maximum atomic E-state index is 12.5. The standard InChI is InChI=1S/C20H30N4O3/c1-13-4-3-5-16(10-13)17-11-21-23-19(17)15-6-8-24(9-7-15)20(27)18(12-25)22-14(2)26/h3-5,10,15,17-19,21,23,25H,6-9,11-12H2,1-2H3,(H,22,26). The molecule has 4 N–H and O–H groups in total. The molecule has 0 radical (unpaired) electrons. The van der Waals surface area contributed by atoms with Gasteiger partial charge in [0.25, 0.3) is 0 Å². The molecule has 7 nitrogen and oxygen atoms in total. The summed E-state index contributed by atoms with van der Waals surface area (Å²) in [5, 5.41) is 11.9. The summed E-state index contributed by atoms with van der Waals surface area (Å²) in [5.74, 6) is 0.392. The molecule has 2 saturated heterocycles. The molecule has 3 atom stereocenters. The highest BCUT2D eigenvalue weighted by molar-refractivity contribution is 5.87. The molecule has 2 fully saturated rings. The van der Waals surface area contributed by atoms with Crippen LogP contribution in [0.5, 0.6) is 0 Å². The third kappa shape index (κ3) is 4.66. The zero-order valence-electron chi connectivity index (χ0n) is 16.1. The predicted octanol–water partition coefficient (Wildman–Crippen LogP) is 0.291. The smallest absolute Gasteiger partial charge is 0.247 e. The lowest BCUT2D eigenvalue weighted by atomic mass is 9.80. The number of hydrogen-bond acceptors (Lipinski definition) is 5. The van der Waals surface area contributed by atoms with Gasteiger partial charge >= 0.3 is 0 Å². The number of likely N-dealkylation sites (tertiary alicyclic amines) is 1. The van der Waals surface area contributed by atoms with Gasteiger partial charge in [0.05, 0.1) is 6.61 Å². The molecule has 0 spiro atoms. The average molecular weight is 374 g/mol. The summed E-state index contributed by atoms with van der Waals surface area (Å²) < 4.78 is 0. The Morgan fingerprint density at radius 1 is 1.33 bits per heavy atom. The van der Waals surface area contributed by atoms with Crippen molar-refractivity contribution in [2.24, 2.45) is 5.92 Å².